The summed E-state index contributed by atoms with van der Waals surface area (Å²) in [5.41, 5.74) is 0. The number of rotatable bonds is 7. The lowest BCUT2D eigenvalue weighted by atomic mass is 9.99. The maximum atomic E-state index is 12.3. The Kier molecular flexibility index (Phi) is 7.22. The van der Waals surface area contributed by atoms with E-state index in [9.17, 15) is 34.8 Å². The van der Waals surface area contributed by atoms with Gasteiger partial charge in [0.1, 0.15) is 37.1 Å². The quantitative estimate of drug-likeness (QED) is 0.208. The summed E-state index contributed by atoms with van der Waals surface area (Å²) in [6.07, 6.45) is -13.4. The van der Waals surface area contributed by atoms with E-state index < -0.39 is 80.0 Å². The van der Waals surface area contributed by atoms with Crippen molar-refractivity contribution < 1.29 is 58.9 Å². The summed E-state index contributed by atoms with van der Waals surface area (Å²) in [4.78, 5) is 35.3. The lowest BCUT2D eigenvalue weighted by Crippen LogP contribution is -2.60. The van der Waals surface area contributed by atoms with E-state index >= 15 is 0 Å². The first-order chi connectivity index (χ1) is 12.7. The lowest BCUT2D eigenvalue weighted by molar-refractivity contribution is -0.305. The molecule has 2 fully saturated rings. The molecule has 2 heterocycles. The predicted octanol–water partition coefficient (Wildman–Crippen LogP) is -4.02. The van der Waals surface area contributed by atoms with Crippen LogP contribution in [0, 0.1) is 0 Å². The van der Waals surface area contributed by atoms with Gasteiger partial charge in [0.15, 0.2) is 12.4 Å². The third-order valence-corrected chi connectivity index (χ3v) is 4.17. The summed E-state index contributed by atoms with van der Waals surface area (Å²) in [6.45, 7) is 0.223. The van der Waals surface area contributed by atoms with E-state index in [-0.39, 0.29) is 6.42 Å². The number of cyclic esters (lactones) is 1. The van der Waals surface area contributed by atoms with Crippen LogP contribution < -0.4 is 0 Å². The van der Waals surface area contributed by atoms with E-state index in [4.69, 9.17) is 19.3 Å². The smallest absolute Gasteiger partial charge is 0.344 e. The standard InChI is InChI=1S/C15H22O12/c1-2-7(18)24-4-5(17)12-11(22)13(14(23)26-12)27-15-10(21)9(20)8(19)6(3-16)25-15/h5-6,8-10,12-13,15-17,19-21H,2-4H2,1H3/t5-,6+,8+,9-,10+,12+,13?,15?/m0/s1. The van der Waals surface area contributed by atoms with Gasteiger partial charge in [-0.3, -0.25) is 9.59 Å². The maximum absolute atomic E-state index is 12.3. The molecule has 0 aromatic rings. The third kappa shape index (κ3) is 4.60. The number of hydrogen-bond donors (Lipinski definition) is 5. The molecule has 12 heteroatoms. The molecule has 2 aliphatic heterocycles. The van der Waals surface area contributed by atoms with E-state index in [1.807, 2.05) is 0 Å². The number of Topliss-reactive ketones (excluding diaryl/α,β-unsaturated/α-hetero) is 1. The van der Waals surface area contributed by atoms with Gasteiger partial charge in [-0.25, -0.2) is 4.79 Å². The van der Waals surface area contributed by atoms with E-state index in [1.54, 1.807) is 0 Å². The number of aliphatic hydroxyl groups is 5. The predicted molar refractivity (Wildman–Crippen MR) is 80.8 cm³/mol. The van der Waals surface area contributed by atoms with Crippen LogP contribution in [0.2, 0.25) is 0 Å². The molecule has 5 N–H and O–H groups in total. The fourth-order valence-corrected chi connectivity index (χ4v) is 2.58. The Morgan fingerprint density at radius 3 is 2.44 bits per heavy atom. The minimum absolute atomic E-state index is 0.0496. The van der Waals surface area contributed by atoms with Crippen molar-refractivity contribution in [2.24, 2.45) is 0 Å². The van der Waals surface area contributed by atoms with Crippen molar-refractivity contribution >= 4 is 17.7 Å². The first kappa shape index (κ1) is 21.6. The lowest BCUT2D eigenvalue weighted by Gasteiger charge is -2.39. The summed E-state index contributed by atoms with van der Waals surface area (Å²) in [5, 5.41) is 48.3. The monoisotopic (exact) mass is 394 g/mol. The molecule has 27 heavy (non-hydrogen) atoms. The highest BCUT2D eigenvalue weighted by Gasteiger charge is 2.52. The van der Waals surface area contributed by atoms with Crippen molar-refractivity contribution in [1.29, 1.82) is 0 Å². The number of ether oxygens (including phenoxy) is 4. The molecule has 2 rings (SSSR count). The molecule has 154 valence electrons. The minimum atomic E-state index is -1.88. The molecule has 2 aliphatic rings. The van der Waals surface area contributed by atoms with Gasteiger partial charge in [-0.15, -0.1) is 0 Å². The maximum Gasteiger partial charge on any atom is 0.344 e. The van der Waals surface area contributed by atoms with Crippen LogP contribution in [0.5, 0.6) is 0 Å². The highest BCUT2D eigenvalue weighted by atomic mass is 16.7. The highest BCUT2D eigenvalue weighted by molar-refractivity contribution is 6.09. The molecular formula is C15H22O12. The fraction of sp³-hybridized carbons (Fsp3) is 0.800. The van der Waals surface area contributed by atoms with Gasteiger partial charge in [0.05, 0.1) is 6.61 Å². The average molecular weight is 394 g/mol. The van der Waals surface area contributed by atoms with Gasteiger partial charge in [0.25, 0.3) is 0 Å². The van der Waals surface area contributed by atoms with Crippen molar-refractivity contribution in [3.05, 3.63) is 0 Å². The summed E-state index contributed by atoms with van der Waals surface area (Å²) in [6, 6.07) is 0. The summed E-state index contributed by atoms with van der Waals surface area (Å²) < 4.78 is 19.5. The molecule has 0 radical (unpaired) electrons. The molecule has 2 saturated heterocycles. The van der Waals surface area contributed by atoms with Gasteiger partial charge in [0, 0.05) is 6.42 Å². The van der Waals surface area contributed by atoms with Crippen molar-refractivity contribution in [3.8, 4) is 0 Å². The van der Waals surface area contributed by atoms with Crippen LogP contribution in [-0.4, -0.2) is 105 Å². The van der Waals surface area contributed by atoms with Crippen molar-refractivity contribution in [1.82, 2.24) is 0 Å². The van der Waals surface area contributed by atoms with Crippen LogP contribution in [0.25, 0.3) is 0 Å². The SMILES string of the molecule is CCC(=O)OC[C@H](O)[C@H]1OC(=O)C(OC2O[C@H](CO)[C@@H](O)[C@H](O)[C@H]2O)C1=O. The number of aliphatic hydroxyl groups excluding tert-OH is 5. The molecule has 8 atom stereocenters. The van der Waals surface area contributed by atoms with Gasteiger partial charge < -0.3 is 44.5 Å². The van der Waals surface area contributed by atoms with Crippen molar-refractivity contribution in [3.63, 3.8) is 0 Å². The fourth-order valence-electron chi connectivity index (χ4n) is 2.58. The molecule has 12 nitrogen and oxygen atoms in total. The number of carbonyl (C=O) groups excluding carboxylic acids is 3. The molecule has 0 spiro atoms. The van der Waals surface area contributed by atoms with Gasteiger partial charge >= 0.3 is 11.9 Å². The summed E-state index contributed by atoms with van der Waals surface area (Å²) >= 11 is 0. The van der Waals surface area contributed by atoms with Gasteiger partial charge in [-0.05, 0) is 0 Å². The number of hydrogen-bond acceptors (Lipinski definition) is 12. The Labute approximate surface area is 153 Å². The normalized spacial score (nSPS) is 37.8. The van der Waals surface area contributed by atoms with Gasteiger partial charge in [-0.1, -0.05) is 6.92 Å². The first-order valence-electron chi connectivity index (χ1n) is 8.25. The molecule has 0 amide bonds. The van der Waals surface area contributed by atoms with Gasteiger partial charge in [0.2, 0.25) is 11.9 Å². The Morgan fingerprint density at radius 1 is 1.19 bits per heavy atom. The number of carbonyl (C=O) groups is 3. The van der Waals surface area contributed by atoms with Crippen LogP contribution in [0.1, 0.15) is 13.3 Å². The number of ketones is 1. The van der Waals surface area contributed by atoms with E-state index in [0.717, 1.165) is 0 Å². The Bertz CT molecular complexity index is 563. The number of esters is 2. The second-order valence-corrected chi connectivity index (χ2v) is 6.08. The second-order valence-electron chi connectivity index (χ2n) is 6.08. The summed E-state index contributed by atoms with van der Waals surface area (Å²) in [5.74, 6) is -2.81. The zero-order valence-corrected chi connectivity index (χ0v) is 14.3. The highest BCUT2D eigenvalue weighted by Crippen LogP contribution is 2.26. The van der Waals surface area contributed by atoms with Crippen LogP contribution in [0.15, 0.2) is 0 Å². The van der Waals surface area contributed by atoms with Crippen LogP contribution in [-0.2, 0) is 33.3 Å². The zero-order valence-electron chi connectivity index (χ0n) is 14.3. The van der Waals surface area contributed by atoms with Crippen LogP contribution >= 0.6 is 0 Å². The Balaban J connectivity index is 2.01. The van der Waals surface area contributed by atoms with E-state index in [0.29, 0.717) is 0 Å². The van der Waals surface area contributed by atoms with Crippen LogP contribution in [0.4, 0.5) is 0 Å². The molecule has 0 aliphatic carbocycles. The summed E-state index contributed by atoms with van der Waals surface area (Å²) in [7, 11) is 0. The second kappa shape index (κ2) is 9.01. The van der Waals surface area contributed by atoms with E-state index in [1.165, 1.54) is 6.92 Å². The Hall–Kier alpha value is -1.67. The zero-order chi connectivity index (χ0) is 20.3. The third-order valence-electron chi connectivity index (χ3n) is 4.17. The average Bonchev–Trinajstić information content (AvgIpc) is 2.94. The van der Waals surface area contributed by atoms with E-state index in [2.05, 4.69) is 4.74 Å². The molecular weight excluding hydrogens is 372 g/mol. The van der Waals surface area contributed by atoms with Crippen molar-refractivity contribution in [2.75, 3.05) is 13.2 Å². The first-order valence-corrected chi connectivity index (χ1v) is 8.25. The molecule has 0 aromatic heterocycles. The Morgan fingerprint density at radius 2 is 1.85 bits per heavy atom. The molecule has 0 aromatic carbocycles. The van der Waals surface area contributed by atoms with Crippen molar-refractivity contribution in [2.45, 2.75) is 62.4 Å². The van der Waals surface area contributed by atoms with Gasteiger partial charge in [-0.2, -0.15) is 0 Å². The molecule has 0 bridgehead atoms. The molecule has 2 unspecified atom stereocenters. The largest absolute Gasteiger partial charge is 0.463 e. The topological polar surface area (TPSA) is 189 Å². The molecule has 0 saturated carbocycles. The minimum Gasteiger partial charge on any atom is -0.463 e. The van der Waals surface area contributed by atoms with Crippen LogP contribution in [0.3, 0.4) is 0 Å².